The summed E-state index contributed by atoms with van der Waals surface area (Å²) in [7, 11) is 0. The standard InChI is InChI=1S/C11H11BrN4O/c1-6-2-5-8(14-13-6)16-11(17)9(12)10(15-16)7-3-4-7/h2,5,7,15H,3-4H2,1H3. The summed E-state index contributed by atoms with van der Waals surface area (Å²) in [4.78, 5) is 12.0. The van der Waals surface area contributed by atoms with Crippen LogP contribution in [0.4, 0.5) is 0 Å². The number of aryl methyl sites for hydroxylation is 1. The molecule has 2 heterocycles. The zero-order valence-corrected chi connectivity index (χ0v) is 10.9. The number of aromatic amines is 1. The molecule has 0 spiro atoms. The fourth-order valence-corrected chi connectivity index (χ4v) is 2.34. The van der Waals surface area contributed by atoms with Crippen molar-refractivity contribution in [1.82, 2.24) is 20.0 Å². The molecule has 1 fully saturated rings. The minimum Gasteiger partial charge on any atom is -0.292 e. The lowest BCUT2D eigenvalue weighted by molar-refractivity contribution is 0.766. The summed E-state index contributed by atoms with van der Waals surface area (Å²) >= 11 is 3.34. The van der Waals surface area contributed by atoms with E-state index in [0.29, 0.717) is 16.2 Å². The van der Waals surface area contributed by atoms with Gasteiger partial charge in [-0.15, -0.1) is 5.10 Å². The minimum atomic E-state index is -0.106. The highest BCUT2D eigenvalue weighted by molar-refractivity contribution is 9.10. The zero-order chi connectivity index (χ0) is 12.0. The predicted molar refractivity (Wildman–Crippen MR) is 66.4 cm³/mol. The van der Waals surface area contributed by atoms with Gasteiger partial charge in [-0.25, -0.2) is 0 Å². The minimum absolute atomic E-state index is 0.106. The average Bonchev–Trinajstić information content (AvgIpc) is 3.11. The second kappa shape index (κ2) is 3.80. The molecule has 0 aromatic carbocycles. The molecule has 1 aliphatic carbocycles. The normalized spacial score (nSPS) is 15.2. The summed E-state index contributed by atoms with van der Waals surface area (Å²) in [6, 6.07) is 3.61. The molecule has 0 unspecified atom stereocenters. The Labute approximate surface area is 106 Å². The van der Waals surface area contributed by atoms with Gasteiger partial charge in [0, 0.05) is 5.92 Å². The van der Waals surface area contributed by atoms with Gasteiger partial charge >= 0.3 is 0 Å². The van der Waals surface area contributed by atoms with E-state index in [0.717, 1.165) is 24.2 Å². The van der Waals surface area contributed by atoms with Crippen LogP contribution in [0.3, 0.4) is 0 Å². The maximum Gasteiger partial charge on any atom is 0.287 e. The van der Waals surface area contributed by atoms with Crippen molar-refractivity contribution in [1.29, 1.82) is 0 Å². The van der Waals surface area contributed by atoms with E-state index in [2.05, 4.69) is 31.2 Å². The number of hydrogen-bond acceptors (Lipinski definition) is 3. The lowest BCUT2D eigenvalue weighted by Crippen LogP contribution is -2.16. The Hall–Kier alpha value is -1.43. The first kappa shape index (κ1) is 10.7. The largest absolute Gasteiger partial charge is 0.292 e. The molecule has 1 saturated carbocycles. The van der Waals surface area contributed by atoms with Crippen LogP contribution in [0.2, 0.25) is 0 Å². The Morgan fingerprint density at radius 2 is 2.18 bits per heavy atom. The van der Waals surface area contributed by atoms with Crippen LogP contribution in [-0.2, 0) is 0 Å². The highest BCUT2D eigenvalue weighted by Crippen LogP contribution is 2.41. The van der Waals surface area contributed by atoms with Gasteiger partial charge in [-0.2, -0.15) is 9.78 Å². The van der Waals surface area contributed by atoms with E-state index in [4.69, 9.17) is 0 Å². The first-order valence-electron chi connectivity index (χ1n) is 5.48. The van der Waals surface area contributed by atoms with Crippen molar-refractivity contribution < 1.29 is 0 Å². The number of rotatable bonds is 2. The van der Waals surface area contributed by atoms with Crippen LogP contribution in [0, 0.1) is 6.92 Å². The molecule has 1 aliphatic rings. The molecule has 2 aromatic heterocycles. The summed E-state index contributed by atoms with van der Waals surface area (Å²) in [6.07, 6.45) is 2.27. The van der Waals surface area contributed by atoms with Gasteiger partial charge in [0.25, 0.3) is 5.56 Å². The smallest absolute Gasteiger partial charge is 0.287 e. The van der Waals surface area contributed by atoms with Crippen LogP contribution >= 0.6 is 15.9 Å². The van der Waals surface area contributed by atoms with Crippen molar-refractivity contribution in [2.45, 2.75) is 25.7 Å². The van der Waals surface area contributed by atoms with E-state index in [1.807, 2.05) is 13.0 Å². The third kappa shape index (κ3) is 1.82. The lowest BCUT2D eigenvalue weighted by Gasteiger charge is -1.99. The number of aromatic nitrogens is 4. The third-order valence-corrected chi connectivity index (χ3v) is 3.62. The molecule has 2 aromatic rings. The maximum absolute atomic E-state index is 12.0. The Kier molecular flexibility index (Phi) is 2.39. The average molecular weight is 295 g/mol. The third-order valence-electron chi connectivity index (χ3n) is 2.86. The second-order valence-electron chi connectivity index (χ2n) is 4.29. The van der Waals surface area contributed by atoms with Crippen molar-refractivity contribution in [3.05, 3.63) is 38.3 Å². The summed E-state index contributed by atoms with van der Waals surface area (Å²) in [5, 5.41) is 11.1. The van der Waals surface area contributed by atoms with Crippen LogP contribution in [0.25, 0.3) is 5.82 Å². The molecule has 0 amide bonds. The zero-order valence-electron chi connectivity index (χ0n) is 9.27. The molecule has 1 N–H and O–H groups in total. The quantitative estimate of drug-likeness (QED) is 0.920. The number of H-pyrrole nitrogens is 1. The molecule has 6 heteroatoms. The first-order valence-corrected chi connectivity index (χ1v) is 6.27. The number of halogens is 1. The fraction of sp³-hybridized carbons (Fsp3) is 0.364. The SMILES string of the molecule is Cc1ccc(-n2[nH]c(C3CC3)c(Br)c2=O)nn1. The van der Waals surface area contributed by atoms with Crippen molar-refractivity contribution in [3.63, 3.8) is 0 Å². The first-order chi connectivity index (χ1) is 8.16. The van der Waals surface area contributed by atoms with Crippen LogP contribution in [0.5, 0.6) is 0 Å². The van der Waals surface area contributed by atoms with Crippen LogP contribution in [-0.4, -0.2) is 20.0 Å². The Morgan fingerprint density at radius 1 is 1.41 bits per heavy atom. The number of nitrogens with zero attached hydrogens (tertiary/aromatic N) is 3. The molecule has 88 valence electrons. The van der Waals surface area contributed by atoms with E-state index >= 15 is 0 Å². The topological polar surface area (TPSA) is 63.6 Å². The monoisotopic (exact) mass is 294 g/mol. The van der Waals surface area contributed by atoms with Gasteiger partial charge < -0.3 is 0 Å². The second-order valence-corrected chi connectivity index (χ2v) is 5.08. The van der Waals surface area contributed by atoms with E-state index in [1.165, 1.54) is 4.68 Å². The molecule has 0 radical (unpaired) electrons. The van der Waals surface area contributed by atoms with Gasteiger partial charge in [0.2, 0.25) is 0 Å². The predicted octanol–water partition coefficient (Wildman–Crippen LogP) is 1.90. The summed E-state index contributed by atoms with van der Waals surface area (Å²) in [5.74, 6) is 1.00. The summed E-state index contributed by atoms with van der Waals surface area (Å²) in [6.45, 7) is 1.86. The maximum atomic E-state index is 12.0. The van der Waals surface area contributed by atoms with Gasteiger partial charge in [-0.05, 0) is 47.8 Å². The van der Waals surface area contributed by atoms with E-state index in [-0.39, 0.29) is 5.56 Å². The molecule has 0 bridgehead atoms. The van der Waals surface area contributed by atoms with E-state index < -0.39 is 0 Å². The van der Waals surface area contributed by atoms with Gasteiger partial charge in [0.15, 0.2) is 5.82 Å². The van der Waals surface area contributed by atoms with Gasteiger partial charge in [-0.1, -0.05) is 0 Å². The molecule has 0 aliphatic heterocycles. The van der Waals surface area contributed by atoms with Crippen molar-refractivity contribution in [2.75, 3.05) is 0 Å². The van der Waals surface area contributed by atoms with Crippen molar-refractivity contribution in [2.24, 2.45) is 0 Å². The molecule has 17 heavy (non-hydrogen) atoms. The van der Waals surface area contributed by atoms with E-state index in [9.17, 15) is 4.79 Å². The Morgan fingerprint density at radius 3 is 2.76 bits per heavy atom. The van der Waals surface area contributed by atoms with Gasteiger partial charge in [-0.3, -0.25) is 9.89 Å². The highest BCUT2D eigenvalue weighted by Gasteiger charge is 2.29. The Balaban J connectivity index is 2.11. The van der Waals surface area contributed by atoms with Crippen LogP contribution < -0.4 is 5.56 Å². The summed E-state index contributed by atoms with van der Waals surface area (Å²) in [5.41, 5.74) is 1.69. The molecular weight excluding hydrogens is 284 g/mol. The lowest BCUT2D eigenvalue weighted by atomic mass is 10.3. The van der Waals surface area contributed by atoms with Crippen LogP contribution in [0.15, 0.2) is 21.4 Å². The summed E-state index contributed by atoms with van der Waals surface area (Å²) < 4.78 is 2.05. The molecule has 0 saturated heterocycles. The fourth-order valence-electron chi connectivity index (χ4n) is 1.75. The molecular formula is C11H11BrN4O. The molecule has 3 rings (SSSR count). The molecule has 5 nitrogen and oxygen atoms in total. The Bertz CT molecular complexity index is 609. The number of hydrogen-bond donors (Lipinski definition) is 1. The van der Waals surface area contributed by atoms with Crippen LogP contribution in [0.1, 0.15) is 30.1 Å². The van der Waals surface area contributed by atoms with Crippen molar-refractivity contribution in [3.8, 4) is 5.82 Å². The van der Waals surface area contributed by atoms with Gasteiger partial charge in [0.1, 0.15) is 4.47 Å². The number of nitrogens with one attached hydrogen (secondary N) is 1. The van der Waals surface area contributed by atoms with Gasteiger partial charge in [0.05, 0.1) is 11.4 Å². The van der Waals surface area contributed by atoms with E-state index in [1.54, 1.807) is 6.07 Å². The highest BCUT2D eigenvalue weighted by atomic mass is 79.9. The molecule has 0 atom stereocenters. The van der Waals surface area contributed by atoms with Crippen molar-refractivity contribution >= 4 is 15.9 Å².